The number of rotatable bonds is 2. The van der Waals surface area contributed by atoms with Crippen LogP contribution in [0.15, 0.2) is 18.2 Å². The minimum atomic E-state index is -0.923. The lowest BCUT2D eigenvalue weighted by atomic mass is 10.0. The van der Waals surface area contributed by atoms with Crippen LogP contribution in [0.5, 0.6) is 0 Å². The molecular formula is C14H16N2O3S. The lowest BCUT2D eigenvalue weighted by molar-refractivity contribution is -0.141. The van der Waals surface area contributed by atoms with Gasteiger partial charge >= 0.3 is 5.97 Å². The van der Waals surface area contributed by atoms with E-state index in [1.165, 1.54) is 10.5 Å². The van der Waals surface area contributed by atoms with Crippen LogP contribution < -0.4 is 5.32 Å². The van der Waals surface area contributed by atoms with Crippen LogP contribution >= 0.6 is 11.8 Å². The summed E-state index contributed by atoms with van der Waals surface area (Å²) in [6.45, 7) is 2.10. The maximum Gasteiger partial charge on any atom is 0.327 e. The van der Waals surface area contributed by atoms with Gasteiger partial charge in [-0.2, -0.15) is 11.8 Å². The second-order valence-electron chi connectivity index (χ2n) is 5.01. The van der Waals surface area contributed by atoms with Crippen LogP contribution in [0.2, 0.25) is 0 Å². The molecule has 0 aliphatic carbocycles. The van der Waals surface area contributed by atoms with E-state index < -0.39 is 12.0 Å². The zero-order valence-electron chi connectivity index (χ0n) is 11.0. The van der Waals surface area contributed by atoms with Crippen LogP contribution in [0.1, 0.15) is 21.5 Å². The first-order valence-corrected chi connectivity index (χ1v) is 7.76. The first-order chi connectivity index (χ1) is 9.66. The molecule has 0 radical (unpaired) electrons. The molecule has 1 aromatic rings. The summed E-state index contributed by atoms with van der Waals surface area (Å²) in [6.07, 6.45) is 0. The molecule has 2 heterocycles. The number of benzene rings is 1. The second kappa shape index (κ2) is 5.46. The summed E-state index contributed by atoms with van der Waals surface area (Å²) in [5.74, 6) is 0.163. The Kier molecular flexibility index (Phi) is 3.67. The molecule has 1 aromatic carbocycles. The Morgan fingerprint density at radius 1 is 1.30 bits per heavy atom. The third-order valence-electron chi connectivity index (χ3n) is 3.76. The van der Waals surface area contributed by atoms with Gasteiger partial charge in [-0.1, -0.05) is 6.07 Å². The van der Waals surface area contributed by atoms with E-state index in [0.717, 1.165) is 24.4 Å². The molecule has 1 amide bonds. The Hall–Kier alpha value is -1.53. The molecule has 6 heteroatoms. The van der Waals surface area contributed by atoms with Crippen LogP contribution in [0.25, 0.3) is 0 Å². The Labute approximate surface area is 121 Å². The van der Waals surface area contributed by atoms with E-state index >= 15 is 0 Å². The van der Waals surface area contributed by atoms with Gasteiger partial charge in [0.1, 0.15) is 6.04 Å². The van der Waals surface area contributed by atoms with Gasteiger partial charge in [-0.25, -0.2) is 4.79 Å². The quantitative estimate of drug-likeness (QED) is 0.849. The van der Waals surface area contributed by atoms with Crippen LogP contribution in [0.4, 0.5) is 0 Å². The van der Waals surface area contributed by atoms with Gasteiger partial charge in [0.15, 0.2) is 0 Å². The largest absolute Gasteiger partial charge is 0.480 e. The van der Waals surface area contributed by atoms with E-state index in [1.807, 2.05) is 12.1 Å². The van der Waals surface area contributed by atoms with Crippen LogP contribution in [0.3, 0.4) is 0 Å². The Morgan fingerprint density at radius 3 is 2.90 bits per heavy atom. The number of nitrogens with one attached hydrogen (secondary N) is 1. The third-order valence-corrected chi connectivity index (χ3v) is 4.78. The molecular weight excluding hydrogens is 276 g/mol. The molecule has 0 saturated carbocycles. The molecule has 3 rings (SSSR count). The van der Waals surface area contributed by atoms with Crippen molar-refractivity contribution < 1.29 is 14.7 Å². The van der Waals surface area contributed by atoms with Crippen LogP contribution in [-0.4, -0.2) is 46.0 Å². The molecule has 1 fully saturated rings. The highest BCUT2D eigenvalue weighted by Gasteiger charge is 2.33. The van der Waals surface area contributed by atoms with Crippen molar-refractivity contribution >= 4 is 23.6 Å². The summed E-state index contributed by atoms with van der Waals surface area (Å²) in [5.41, 5.74) is 2.94. The average Bonchev–Trinajstić information content (AvgIpc) is 2.93. The number of carbonyl (C=O) groups excluding carboxylic acids is 1. The number of hydrogen-bond donors (Lipinski definition) is 2. The first kappa shape index (κ1) is 13.5. The van der Waals surface area contributed by atoms with Crippen molar-refractivity contribution in [2.45, 2.75) is 19.1 Å². The Bertz CT molecular complexity index is 561. The van der Waals surface area contributed by atoms with Crippen molar-refractivity contribution in [2.24, 2.45) is 0 Å². The highest BCUT2D eigenvalue weighted by molar-refractivity contribution is 7.99. The summed E-state index contributed by atoms with van der Waals surface area (Å²) in [4.78, 5) is 25.3. The number of carboxylic acids is 1. The maximum absolute atomic E-state index is 12.5. The minimum Gasteiger partial charge on any atom is -0.480 e. The Balaban J connectivity index is 1.85. The number of carbonyl (C=O) groups is 2. The van der Waals surface area contributed by atoms with Crippen LogP contribution in [0, 0.1) is 0 Å². The van der Waals surface area contributed by atoms with Gasteiger partial charge in [0.05, 0.1) is 0 Å². The predicted molar refractivity (Wildman–Crippen MR) is 76.8 cm³/mol. The number of nitrogens with zero attached hydrogens (tertiary/aromatic N) is 1. The zero-order chi connectivity index (χ0) is 14.1. The van der Waals surface area contributed by atoms with Crippen molar-refractivity contribution in [3.05, 3.63) is 34.9 Å². The van der Waals surface area contributed by atoms with E-state index in [4.69, 9.17) is 0 Å². The lowest BCUT2D eigenvalue weighted by Gasteiger charge is -2.32. The normalized spacial score (nSPS) is 21.6. The molecule has 2 N–H and O–H groups in total. The molecule has 1 atom stereocenters. The number of fused-ring (bicyclic) bond motifs is 1. The van der Waals surface area contributed by atoms with Crippen molar-refractivity contribution in [1.29, 1.82) is 0 Å². The summed E-state index contributed by atoms with van der Waals surface area (Å²) in [7, 11) is 0. The number of amides is 1. The summed E-state index contributed by atoms with van der Waals surface area (Å²) >= 11 is 1.58. The molecule has 5 nitrogen and oxygen atoms in total. The minimum absolute atomic E-state index is 0.174. The average molecular weight is 292 g/mol. The molecule has 0 bridgehead atoms. The molecule has 0 spiro atoms. The van der Waals surface area contributed by atoms with Gasteiger partial charge < -0.3 is 15.3 Å². The number of hydrogen-bond acceptors (Lipinski definition) is 4. The van der Waals surface area contributed by atoms with Gasteiger partial charge in [0.25, 0.3) is 5.91 Å². The molecule has 106 valence electrons. The van der Waals surface area contributed by atoms with E-state index in [9.17, 15) is 14.7 Å². The monoisotopic (exact) mass is 292 g/mol. The molecule has 1 unspecified atom stereocenters. The Morgan fingerprint density at radius 2 is 2.10 bits per heavy atom. The smallest absolute Gasteiger partial charge is 0.327 e. The summed E-state index contributed by atoms with van der Waals surface area (Å²) < 4.78 is 0. The maximum atomic E-state index is 12.5. The van der Waals surface area contributed by atoms with Crippen molar-refractivity contribution in [1.82, 2.24) is 10.2 Å². The number of thioether (sulfide) groups is 1. The number of aliphatic carboxylic acids is 1. The van der Waals surface area contributed by atoms with E-state index in [0.29, 0.717) is 17.9 Å². The third kappa shape index (κ3) is 2.41. The predicted octanol–water partition coefficient (Wildman–Crippen LogP) is 0.932. The summed E-state index contributed by atoms with van der Waals surface area (Å²) in [5, 5.41) is 12.5. The van der Waals surface area contributed by atoms with Crippen molar-refractivity contribution in [2.75, 3.05) is 18.1 Å². The van der Waals surface area contributed by atoms with Crippen molar-refractivity contribution in [3.63, 3.8) is 0 Å². The molecule has 1 saturated heterocycles. The first-order valence-electron chi connectivity index (χ1n) is 6.61. The highest BCUT2D eigenvalue weighted by Crippen LogP contribution is 2.22. The fraction of sp³-hybridized carbons (Fsp3) is 0.429. The van der Waals surface area contributed by atoms with E-state index in [1.54, 1.807) is 17.8 Å². The van der Waals surface area contributed by atoms with E-state index in [2.05, 4.69) is 5.32 Å². The van der Waals surface area contributed by atoms with Gasteiger partial charge in [0, 0.05) is 36.7 Å². The standard InChI is InChI=1S/C14H16N2O3S/c17-13(16-3-4-20-8-12(16)14(18)19)9-1-2-10-6-15-7-11(10)5-9/h1-2,5,12,15H,3-4,6-8H2,(H,18,19). The lowest BCUT2D eigenvalue weighted by Crippen LogP contribution is -2.50. The molecule has 2 aliphatic rings. The molecule has 2 aliphatic heterocycles. The number of carboxylic acid groups (broad SMARTS) is 1. The highest BCUT2D eigenvalue weighted by atomic mass is 32.2. The van der Waals surface area contributed by atoms with E-state index in [-0.39, 0.29) is 5.91 Å². The topological polar surface area (TPSA) is 69.6 Å². The second-order valence-corrected chi connectivity index (χ2v) is 6.16. The fourth-order valence-electron chi connectivity index (χ4n) is 2.64. The van der Waals surface area contributed by atoms with Crippen molar-refractivity contribution in [3.8, 4) is 0 Å². The fourth-order valence-corrected chi connectivity index (χ4v) is 3.68. The van der Waals surface area contributed by atoms with Crippen LogP contribution in [-0.2, 0) is 17.9 Å². The summed E-state index contributed by atoms with van der Waals surface area (Å²) in [6, 6.07) is 4.93. The molecule has 0 aromatic heterocycles. The van der Waals surface area contributed by atoms with Gasteiger partial charge in [0.2, 0.25) is 0 Å². The van der Waals surface area contributed by atoms with Gasteiger partial charge in [-0.05, 0) is 23.3 Å². The molecule has 20 heavy (non-hydrogen) atoms. The zero-order valence-corrected chi connectivity index (χ0v) is 11.8. The van der Waals surface area contributed by atoms with Gasteiger partial charge in [-0.3, -0.25) is 4.79 Å². The SMILES string of the molecule is O=C(O)C1CSCCN1C(=O)c1ccc2c(c1)CNC2. The van der Waals surface area contributed by atoms with Gasteiger partial charge in [-0.15, -0.1) is 0 Å².